The van der Waals surface area contributed by atoms with Gasteiger partial charge in [0.25, 0.3) is 0 Å². The van der Waals surface area contributed by atoms with E-state index in [4.69, 9.17) is 16.3 Å². The zero-order valence-corrected chi connectivity index (χ0v) is 12.7. The third kappa shape index (κ3) is 4.70. The van der Waals surface area contributed by atoms with Crippen molar-refractivity contribution in [2.45, 2.75) is 52.1 Å². The second-order valence-electron chi connectivity index (χ2n) is 5.76. The fourth-order valence-electron chi connectivity index (χ4n) is 2.48. The van der Waals surface area contributed by atoms with Crippen LogP contribution in [0.5, 0.6) is 5.75 Å². The van der Waals surface area contributed by atoms with Crippen LogP contribution in [0.15, 0.2) is 18.2 Å². The fraction of sp³-hybridized carbons (Fsp3) is 0.625. The number of nitrogens with one attached hydrogen (secondary N) is 1. The highest BCUT2D eigenvalue weighted by atomic mass is 35.5. The van der Waals surface area contributed by atoms with Crippen LogP contribution in [0.25, 0.3) is 0 Å². The Kier molecular flexibility index (Phi) is 5.53. The van der Waals surface area contributed by atoms with Crippen LogP contribution in [0.2, 0.25) is 5.02 Å². The van der Waals surface area contributed by atoms with Gasteiger partial charge in [-0.15, -0.1) is 0 Å². The maximum atomic E-state index is 6.28. The van der Waals surface area contributed by atoms with Crippen LogP contribution in [-0.4, -0.2) is 12.6 Å². The summed E-state index contributed by atoms with van der Waals surface area (Å²) < 4.78 is 5.85. The topological polar surface area (TPSA) is 21.3 Å². The number of hydrogen-bond donors (Lipinski definition) is 1. The zero-order chi connectivity index (χ0) is 13.7. The molecule has 3 heteroatoms. The average Bonchev–Trinajstić information content (AvgIpc) is 2.88. The molecular weight excluding hydrogens is 258 g/mol. The molecule has 0 aromatic heterocycles. The van der Waals surface area contributed by atoms with Gasteiger partial charge in [0.2, 0.25) is 0 Å². The summed E-state index contributed by atoms with van der Waals surface area (Å²) in [4.78, 5) is 0. The minimum Gasteiger partial charge on any atom is -0.492 e. The Labute approximate surface area is 121 Å². The van der Waals surface area contributed by atoms with Crippen molar-refractivity contribution in [2.24, 2.45) is 5.92 Å². The summed E-state index contributed by atoms with van der Waals surface area (Å²) in [5.41, 5.74) is 1.20. The number of benzene rings is 1. The smallest absolute Gasteiger partial charge is 0.137 e. The van der Waals surface area contributed by atoms with Crippen molar-refractivity contribution < 1.29 is 4.74 Å². The summed E-state index contributed by atoms with van der Waals surface area (Å²) >= 11 is 6.28. The Morgan fingerprint density at radius 3 is 2.68 bits per heavy atom. The Morgan fingerprint density at radius 1 is 1.32 bits per heavy atom. The summed E-state index contributed by atoms with van der Waals surface area (Å²) in [6, 6.07) is 6.57. The van der Waals surface area contributed by atoms with E-state index in [0.717, 1.165) is 29.8 Å². The second-order valence-corrected chi connectivity index (χ2v) is 6.17. The molecule has 1 aliphatic rings. The van der Waals surface area contributed by atoms with Crippen molar-refractivity contribution in [3.05, 3.63) is 28.8 Å². The highest BCUT2D eigenvalue weighted by Gasteiger charge is 2.16. The first-order valence-corrected chi connectivity index (χ1v) is 7.67. The van der Waals surface area contributed by atoms with Crippen LogP contribution in [-0.2, 0) is 6.54 Å². The molecule has 0 heterocycles. The molecule has 0 spiro atoms. The lowest BCUT2D eigenvalue weighted by Crippen LogP contribution is -2.21. The van der Waals surface area contributed by atoms with Crippen LogP contribution in [0.3, 0.4) is 0 Å². The van der Waals surface area contributed by atoms with E-state index >= 15 is 0 Å². The van der Waals surface area contributed by atoms with E-state index in [1.54, 1.807) is 0 Å². The van der Waals surface area contributed by atoms with Gasteiger partial charge in [0.05, 0.1) is 11.6 Å². The molecule has 1 aromatic rings. The van der Waals surface area contributed by atoms with Crippen molar-refractivity contribution in [3.63, 3.8) is 0 Å². The van der Waals surface area contributed by atoms with Gasteiger partial charge in [-0.2, -0.15) is 0 Å². The van der Waals surface area contributed by atoms with Crippen molar-refractivity contribution in [1.29, 1.82) is 0 Å². The molecule has 1 saturated carbocycles. The summed E-state index contributed by atoms with van der Waals surface area (Å²) in [6.07, 6.45) is 5.30. The first-order valence-electron chi connectivity index (χ1n) is 7.30. The van der Waals surface area contributed by atoms with Gasteiger partial charge in [-0.25, -0.2) is 0 Å². The monoisotopic (exact) mass is 281 g/mol. The molecule has 2 nitrogen and oxygen atoms in total. The van der Waals surface area contributed by atoms with Gasteiger partial charge >= 0.3 is 0 Å². The van der Waals surface area contributed by atoms with Gasteiger partial charge in [0.15, 0.2) is 0 Å². The average molecular weight is 282 g/mol. The molecule has 1 N–H and O–H groups in total. The lowest BCUT2D eigenvalue weighted by atomic mass is 10.1. The van der Waals surface area contributed by atoms with Crippen LogP contribution < -0.4 is 10.1 Å². The standard InChI is InChI=1S/C16H24ClNO/c1-12(2)18-10-14-7-8-16(15(17)9-14)19-11-13-5-3-4-6-13/h7-9,12-13,18H,3-6,10-11H2,1-2H3. The van der Waals surface area contributed by atoms with E-state index in [1.807, 2.05) is 12.1 Å². The quantitative estimate of drug-likeness (QED) is 0.834. The van der Waals surface area contributed by atoms with Gasteiger partial charge in [-0.05, 0) is 36.5 Å². The molecule has 2 rings (SSSR count). The lowest BCUT2D eigenvalue weighted by molar-refractivity contribution is 0.252. The lowest BCUT2D eigenvalue weighted by Gasteiger charge is -2.14. The Balaban J connectivity index is 1.87. The fourth-order valence-corrected chi connectivity index (χ4v) is 2.74. The summed E-state index contributed by atoms with van der Waals surface area (Å²) in [6.45, 7) is 5.94. The van der Waals surface area contributed by atoms with Crippen molar-refractivity contribution >= 4 is 11.6 Å². The first-order chi connectivity index (χ1) is 9.15. The maximum Gasteiger partial charge on any atom is 0.137 e. The highest BCUT2D eigenvalue weighted by molar-refractivity contribution is 6.32. The molecule has 0 bridgehead atoms. The molecule has 1 aliphatic carbocycles. The third-order valence-electron chi connectivity index (χ3n) is 3.66. The molecule has 0 amide bonds. The predicted octanol–water partition coefficient (Wildman–Crippen LogP) is 4.41. The molecule has 0 atom stereocenters. The van der Waals surface area contributed by atoms with Gasteiger partial charge in [-0.1, -0.05) is 44.4 Å². The number of halogens is 1. The van der Waals surface area contributed by atoms with Crippen molar-refractivity contribution in [2.75, 3.05) is 6.61 Å². The van der Waals surface area contributed by atoms with E-state index in [2.05, 4.69) is 25.2 Å². The predicted molar refractivity (Wildman–Crippen MR) is 80.9 cm³/mol. The number of rotatable bonds is 6. The minimum absolute atomic E-state index is 0.483. The van der Waals surface area contributed by atoms with Crippen LogP contribution in [0.1, 0.15) is 45.1 Å². The Hall–Kier alpha value is -0.730. The summed E-state index contributed by atoms with van der Waals surface area (Å²) in [5, 5.41) is 4.11. The number of hydrogen-bond acceptors (Lipinski definition) is 2. The normalized spacial score (nSPS) is 16.2. The van der Waals surface area contributed by atoms with E-state index in [-0.39, 0.29) is 0 Å². The third-order valence-corrected chi connectivity index (χ3v) is 3.96. The molecule has 19 heavy (non-hydrogen) atoms. The van der Waals surface area contributed by atoms with Crippen LogP contribution in [0.4, 0.5) is 0 Å². The molecule has 1 fully saturated rings. The first kappa shape index (κ1) is 14.7. The summed E-state index contributed by atoms with van der Waals surface area (Å²) in [5.74, 6) is 1.54. The number of ether oxygens (including phenoxy) is 1. The van der Waals surface area contributed by atoms with Gasteiger partial charge < -0.3 is 10.1 Å². The second kappa shape index (κ2) is 7.16. The zero-order valence-electron chi connectivity index (χ0n) is 11.9. The SMILES string of the molecule is CC(C)NCc1ccc(OCC2CCCC2)c(Cl)c1. The minimum atomic E-state index is 0.483. The molecule has 0 radical (unpaired) electrons. The molecular formula is C16H24ClNO. The molecule has 1 aromatic carbocycles. The molecule has 0 unspecified atom stereocenters. The largest absolute Gasteiger partial charge is 0.492 e. The highest BCUT2D eigenvalue weighted by Crippen LogP contribution is 2.29. The van der Waals surface area contributed by atoms with E-state index < -0.39 is 0 Å². The van der Waals surface area contributed by atoms with Crippen LogP contribution in [0, 0.1) is 5.92 Å². The van der Waals surface area contributed by atoms with Crippen molar-refractivity contribution in [3.8, 4) is 5.75 Å². The maximum absolute atomic E-state index is 6.28. The van der Waals surface area contributed by atoms with Gasteiger partial charge in [0, 0.05) is 12.6 Å². The van der Waals surface area contributed by atoms with Gasteiger partial charge in [0.1, 0.15) is 5.75 Å². The molecule has 106 valence electrons. The van der Waals surface area contributed by atoms with E-state index in [9.17, 15) is 0 Å². The van der Waals surface area contributed by atoms with E-state index in [0.29, 0.717) is 6.04 Å². The van der Waals surface area contributed by atoms with Crippen molar-refractivity contribution in [1.82, 2.24) is 5.32 Å². The summed E-state index contributed by atoms with van der Waals surface area (Å²) in [7, 11) is 0. The van der Waals surface area contributed by atoms with Crippen LogP contribution >= 0.6 is 11.6 Å². The van der Waals surface area contributed by atoms with Gasteiger partial charge in [-0.3, -0.25) is 0 Å². The molecule has 0 aliphatic heterocycles. The Morgan fingerprint density at radius 2 is 2.05 bits per heavy atom. The van der Waals surface area contributed by atoms with E-state index in [1.165, 1.54) is 31.2 Å². The Bertz CT molecular complexity index is 400. The molecule has 0 saturated heterocycles.